The first-order chi connectivity index (χ1) is 15.7. The smallest absolute Gasteiger partial charge is 0.417 e. The monoisotopic (exact) mass is 452 g/mol. The van der Waals surface area contributed by atoms with E-state index in [9.17, 15) is 27.6 Å². The fourth-order valence-corrected chi connectivity index (χ4v) is 3.25. The summed E-state index contributed by atoms with van der Waals surface area (Å²) in [7, 11) is 0. The van der Waals surface area contributed by atoms with Crippen molar-refractivity contribution in [3.63, 3.8) is 0 Å². The highest BCUT2D eigenvalue weighted by Crippen LogP contribution is 2.34. The van der Waals surface area contributed by atoms with Crippen LogP contribution in [-0.4, -0.2) is 11.8 Å². The molecule has 0 fully saturated rings. The van der Waals surface area contributed by atoms with Crippen molar-refractivity contribution in [2.45, 2.75) is 6.18 Å². The summed E-state index contributed by atoms with van der Waals surface area (Å²) in [6.07, 6.45) is -4.74. The molecule has 3 aromatic carbocycles. The van der Waals surface area contributed by atoms with Gasteiger partial charge in [-0.05, 0) is 36.4 Å². The molecule has 1 heterocycles. The van der Waals surface area contributed by atoms with E-state index in [2.05, 4.69) is 10.6 Å². The van der Waals surface area contributed by atoms with Crippen LogP contribution in [0.3, 0.4) is 0 Å². The van der Waals surface area contributed by atoms with E-state index in [1.54, 1.807) is 48.5 Å². The van der Waals surface area contributed by atoms with E-state index in [-0.39, 0.29) is 27.9 Å². The minimum Gasteiger partial charge on any atom is -0.423 e. The van der Waals surface area contributed by atoms with Crippen molar-refractivity contribution in [3.8, 4) is 0 Å². The zero-order chi connectivity index (χ0) is 23.6. The summed E-state index contributed by atoms with van der Waals surface area (Å²) in [5.41, 5.74) is -1.72. The summed E-state index contributed by atoms with van der Waals surface area (Å²) >= 11 is 0. The van der Waals surface area contributed by atoms with Crippen molar-refractivity contribution in [3.05, 3.63) is 106 Å². The first kappa shape index (κ1) is 21.8. The van der Waals surface area contributed by atoms with E-state index in [4.69, 9.17) is 4.42 Å². The summed E-state index contributed by atoms with van der Waals surface area (Å²) in [6, 6.07) is 18.6. The van der Waals surface area contributed by atoms with Gasteiger partial charge < -0.3 is 15.1 Å². The average Bonchev–Trinajstić information content (AvgIpc) is 2.78. The molecule has 0 spiro atoms. The standard InChI is InChI=1S/C24H15F3N2O4/c25-24(26,27)18-13-21(30)33-20-12-15(10-11-16(18)20)28-23(32)17-8-4-5-9-19(17)29-22(31)14-6-2-1-3-7-14/h1-13H,(H,28,32)(H,29,31). The number of benzene rings is 3. The van der Waals surface area contributed by atoms with Crippen LogP contribution in [0.15, 0.2) is 88.1 Å². The lowest BCUT2D eigenvalue weighted by Gasteiger charge is -2.13. The summed E-state index contributed by atoms with van der Waals surface area (Å²) in [4.78, 5) is 36.9. The number of halogens is 3. The third-order valence-corrected chi connectivity index (χ3v) is 4.76. The van der Waals surface area contributed by atoms with Gasteiger partial charge in [-0.3, -0.25) is 9.59 Å². The molecule has 0 aliphatic heterocycles. The van der Waals surface area contributed by atoms with Crippen LogP contribution < -0.4 is 16.3 Å². The Morgan fingerprint density at radius 3 is 2.21 bits per heavy atom. The molecule has 2 N–H and O–H groups in total. The molecule has 0 atom stereocenters. The second-order valence-corrected chi connectivity index (χ2v) is 7.01. The summed E-state index contributed by atoms with van der Waals surface area (Å²) in [5.74, 6) is -1.03. The van der Waals surface area contributed by atoms with Gasteiger partial charge in [-0.15, -0.1) is 0 Å². The Balaban J connectivity index is 1.61. The van der Waals surface area contributed by atoms with E-state index in [1.165, 1.54) is 12.1 Å². The van der Waals surface area contributed by atoms with Crippen LogP contribution in [0.1, 0.15) is 26.3 Å². The molecule has 0 aliphatic carbocycles. The number of alkyl halides is 3. The largest absolute Gasteiger partial charge is 0.423 e. The number of carbonyl (C=O) groups excluding carboxylic acids is 2. The molecule has 4 aromatic rings. The number of amides is 2. The molecular weight excluding hydrogens is 437 g/mol. The molecule has 166 valence electrons. The molecular formula is C24H15F3N2O4. The molecule has 0 saturated carbocycles. The topological polar surface area (TPSA) is 88.4 Å². The van der Waals surface area contributed by atoms with Crippen molar-refractivity contribution in [2.24, 2.45) is 0 Å². The molecule has 4 rings (SSSR count). The Morgan fingerprint density at radius 1 is 0.788 bits per heavy atom. The van der Waals surface area contributed by atoms with Crippen molar-refractivity contribution >= 4 is 34.2 Å². The van der Waals surface area contributed by atoms with Gasteiger partial charge in [-0.1, -0.05) is 30.3 Å². The maximum atomic E-state index is 13.2. The van der Waals surface area contributed by atoms with E-state index >= 15 is 0 Å². The van der Waals surface area contributed by atoms with Crippen molar-refractivity contribution in [2.75, 3.05) is 10.6 Å². The van der Waals surface area contributed by atoms with E-state index in [0.717, 1.165) is 12.1 Å². The van der Waals surface area contributed by atoms with Crippen LogP contribution in [0.25, 0.3) is 11.0 Å². The van der Waals surface area contributed by atoms with Gasteiger partial charge in [0, 0.05) is 28.8 Å². The number of anilines is 2. The number of carbonyl (C=O) groups is 2. The summed E-state index contributed by atoms with van der Waals surface area (Å²) in [5, 5.41) is 4.91. The van der Waals surface area contributed by atoms with Gasteiger partial charge in [-0.2, -0.15) is 13.2 Å². The molecule has 6 nitrogen and oxygen atoms in total. The molecule has 33 heavy (non-hydrogen) atoms. The van der Waals surface area contributed by atoms with E-state index in [0.29, 0.717) is 11.6 Å². The SMILES string of the molecule is O=C(Nc1ccccc1C(=O)Nc1ccc2c(C(F)(F)F)cc(=O)oc2c1)c1ccccc1. The molecule has 0 aliphatic rings. The summed E-state index contributed by atoms with van der Waals surface area (Å²) in [6.45, 7) is 0. The van der Waals surface area contributed by atoms with E-state index in [1.807, 2.05) is 0 Å². The lowest BCUT2D eigenvalue weighted by Crippen LogP contribution is -2.18. The molecule has 0 unspecified atom stereocenters. The quantitative estimate of drug-likeness (QED) is 0.411. The van der Waals surface area contributed by atoms with Gasteiger partial charge in [-0.25, -0.2) is 4.79 Å². The second-order valence-electron chi connectivity index (χ2n) is 7.01. The third-order valence-electron chi connectivity index (χ3n) is 4.76. The van der Waals surface area contributed by atoms with Gasteiger partial charge in [0.05, 0.1) is 16.8 Å². The minimum atomic E-state index is -4.74. The fraction of sp³-hybridized carbons (Fsp3) is 0.0417. The average molecular weight is 452 g/mol. The number of hydrogen-bond donors (Lipinski definition) is 2. The van der Waals surface area contributed by atoms with Crippen LogP contribution in [-0.2, 0) is 6.18 Å². The lowest BCUT2D eigenvalue weighted by molar-refractivity contribution is -0.136. The van der Waals surface area contributed by atoms with Crippen LogP contribution in [0.2, 0.25) is 0 Å². The second kappa shape index (κ2) is 8.62. The first-order valence-corrected chi connectivity index (χ1v) is 9.64. The van der Waals surface area contributed by atoms with Crippen LogP contribution >= 0.6 is 0 Å². The van der Waals surface area contributed by atoms with Gasteiger partial charge >= 0.3 is 11.8 Å². The van der Waals surface area contributed by atoms with E-state index < -0.39 is 29.2 Å². The number of hydrogen-bond acceptors (Lipinski definition) is 4. The fourth-order valence-electron chi connectivity index (χ4n) is 3.25. The Kier molecular flexibility index (Phi) is 5.70. The lowest BCUT2D eigenvalue weighted by atomic mass is 10.1. The highest BCUT2D eigenvalue weighted by molar-refractivity contribution is 6.12. The molecule has 0 radical (unpaired) electrons. The van der Waals surface area contributed by atoms with Gasteiger partial charge in [0.15, 0.2) is 0 Å². The predicted octanol–water partition coefficient (Wildman–Crippen LogP) is 5.32. The van der Waals surface area contributed by atoms with Crippen LogP contribution in [0.4, 0.5) is 24.5 Å². The molecule has 0 bridgehead atoms. The van der Waals surface area contributed by atoms with Crippen molar-refractivity contribution < 1.29 is 27.2 Å². The van der Waals surface area contributed by atoms with Gasteiger partial charge in [0.25, 0.3) is 11.8 Å². The van der Waals surface area contributed by atoms with Crippen LogP contribution in [0, 0.1) is 0 Å². The molecule has 9 heteroatoms. The first-order valence-electron chi connectivity index (χ1n) is 9.64. The normalized spacial score (nSPS) is 11.2. The maximum Gasteiger partial charge on any atom is 0.417 e. The Hall–Kier alpha value is -4.40. The summed E-state index contributed by atoms with van der Waals surface area (Å²) < 4.78 is 44.5. The predicted molar refractivity (Wildman–Crippen MR) is 116 cm³/mol. The Morgan fingerprint density at radius 2 is 1.48 bits per heavy atom. The number of fused-ring (bicyclic) bond motifs is 1. The zero-order valence-electron chi connectivity index (χ0n) is 16.8. The van der Waals surface area contributed by atoms with Gasteiger partial charge in [0.2, 0.25) is 0 Å². The van der Waals surface area contributed by atoms with Crippen LogP contribution in [0.5, 0.6) is 0 Å². The maximum absolute atomic E-state index is 13.2. The van der Waals surface area contributed by atoms with Gasteiger partial charge in [0.1, 0.15) is 5.58 Å². The molecule has 1 aromatic heterocycles. The van der Waals surface area contributed by atoms with Crippen molar-refractivity contribution in [1.29, 1.82) is 0 Å². The Labute approximate surface area is 184 Å². The third kappa shape index (κ3) is 4.77. The number of para-hydroxylation sites is 1. The zero-order valence-corrected chi connectivity index (χ0v) is 16.8. The minimum absolute atomic E-state index is 0.110. The number of rotatable bonds is 4. The number of nitrogens with one attached hydrogen (secondary N) is 2. The highest BCUT2D eigenvalue weighted by Gasteiger charge is 2.33. The highest BCUT2D eigenvalue weighted by atomic mass is 19.4. The molecule has 2 amide bonds. The Bertz CT molecular complexity index is 1410. The van der Waals surface area contributed by atoms with Crippen molar-refractivity contribution in [1.82, 2.24) is 0 Å². The molecule has 0 saturated heterocycles.